The largest absolute Gasteiger partial charge is 0.343 e. The number of benzene rings is 1. The van der Waals surface area contributed by atoms with Crippen molar-refractivity contribution in [2.24, 2.45) is 0 Å². The van der Waals surface area contributed by atoms with E-state index in [1.807, 2.05) is 6.07 Å². The highest BCUT2D eigenvalue weighted by atomic mass is 16.1. The number of carbonyl (C=O) groups is 1. The zero-order valence-electron chi connectivity index (χ0n) is 9.43. The van der Waals surface area contributed by atoms with Crippen LogP contribution in [0.2, 0.25) is 0 Å². The Morgan fingerprint density at radius 1 is 1.31 bits per heavy atom. The van der Waals surface area contributed by atoms with Crippen LogP contribution in [-0.2, 0) is 11.3 Å². The maximum Gasteiger partial charge on any atom is 0.208 e. The molecule has 1 amide bonds. The number of likely N-dealkylation sites (tertiary alicyclic amines) is 1. The lowest BCUT2D eigenvalue weighted by Gasteiger charge is -2.35. The van der Waals surface area contributed by atoms with Gasteiger partial charge in [0.15, 0.2) is 0 Å². The Balaban J connectivity index is 1.98. The van der Waals surface area contributed by atoms with Crippen molar-refractivity contribution in [2.45, 2.75) is 32.0 Å². The Labute approximate surface area is 96.5 Å². The molecule has 3 heteroatoms. The molecule has 1 atom stereocenters. The van der Waals surface area contributed by atoms with Gasteiger partial charge < -0.3 is 5.32 Å². The van der Waals surface area contributed by atoms with Crippen LogP contribution >= 0.6 is 0 Å². The van der Waals surface area contributed by atoms with Crippen molar-refractivity contribution in [1.82, 2.24) is 10.2 Å². The Hall–Kier alpha value is -1.35. The average Bonchev–Trinajstić information content (AvgIpc) is 2.33. The molecule has 1 aromatic rings. The predicted octanol–water partition coefficient (Wildman–Crippen LogP) is 1.74. The lowest BCUT2D eigenvalue weighted by Crippen LogP contribution is -2.47. The number of nitrogens with one attached hydrogen (secondary N) is 1. The van der Waals surface area contributed by atoms with E-state index in [2.05, 4.69) is 34.5 Å². The Kier molecular flexibility index (Phi) is 3.94. The van der Waals surface area contributed by atoms with Crippen molar-refractivity contribution in [3.63, 3.8) is 0 Å². The van der Waals surface area contributed by atoms with E-state index < -0.39 is 0 Å². The van der Waals surface area contributed by atoms with Crippen molar-refractivity contribution in [3.05, 3.63) is 35.9 Å². The maximum atomic E-state index is 10.5. The van der Waals surface area contributed by atoms with Gasteiger partial charge in [0.2, 0.25) is 6.41 Å². The van der Waals surface area contributed by atoms with E-state index in [4.69, 9.17) is 0 Å². The second-order valence-electron chi connectivity index (χ2n) is 4.25. The van der Waals surface area contributed by atoms with Crippen LogP contribution in [0.1, 0.15) is 24.8 Å². The maximum absolute atomic E-state index is 10.5. The summed E-state index contributed by atoms with van der Waals surface area (Å²) in [5, 5.41) is 2.90. The molecule has 1 heterocycles. The van der Waals surface area contributed by atoms with E-state index in [0.717, 1.165) is 25.9 Å². The van der Waals surface area contributed by atoms with Gasteiger partial charge in [-0.2, -0.15) is 0 Å². The smallest absolute Gasteiger partial charge is 0.208 e. The summed E-state index contributed by atoms with van der Waals surface area (Å²) in [5.41, 5.74) is 1.31. The summed E-state index contributed by atoms with van der Waals surface area (Å²) in [7, 11) is 0. The highest BCUT2D eigenvalue weighted by molar-refractivity contribution is 5.46. The quantitative estimate of drug-likeness (QED) is 0.781. The number of nitrogens with zero attached hydrogens (tertiary/aromatic N) is 1. The lowest BCUT2D eigenvalue weighted by molar-refractivity contribution is -0.111. The van der Waals surface area contributed by atoms with Gasteiger partial charge in [-0.25, -0.2) is 0 Å². The molecule has 1 unspecified atom stereocenters. The number of amides is 1. The minimum Gasteiger partial charge on any atom is -0.343 e. The monoisotopic (exact) mass is 218 g/mol. The van der Waals surface area contributed by atoms with Crippen molar-refractivity contribution >= 4 is 6.41 Å². The highest BCUT2D eigenvalue weighted by Gasteiger charge is 2.21. The fourth-order valence-electron chi connectivity index (χ4n) is 2.27. The van der Waals surface area contributed by atoms with Gasteiger partial charge in [-0.05, 0) is 24.8 Å². The minimum atomic E-state index is 0.214. The van der Waals surface area contributed by atoms with E-state index in [-0.39, 0.29) is 6.17 Å². The van der Waals surface area contributed by atoms with Gasteiger partial charge >= 0.3 is 0 Å². The van der Waals surface area contributed by atoms with Crippen LogP contribution in [0.15, 0.2) is 30.3 Å². The number of piperidine rings is 1. The van der Waals surface area contributed by atoms with Crippen LogP contribution in [0.25, 0.3) is 0 Å². The van der Waals surface area contributed by atoms with Crippen LogP contribution in [-0.4, -0.2) is 24.0 Å². The topological polar surface area (TPSA) is 32.3 Å². The Morgan fingerprint density at radius 2 is 2.12 bits per heavy atom. The fraction of sp³-hybridized carbons (Fsp3) is 0.462. The van der Waals surface area contributed by atoms with Crippen LogP contribution in [0.3, 0.4) is 0 Å². The summed E-state index contributed by atoms with van der Waals surface area (Å²) in [6.07, 6.45) is 4.52. The van der Waals surface area contributed by atoms with E-state index in [1.54, 1.807) is 0 Å². The fourth-order valence-corrected chi connectivity index (χ4v) is 2.27. The lowest BCUT2D eigenvalue weighted by atomic mass is 10.1. The molecule has 0 spiro atoms. The molecule has 0 bridgehead atoms. The van der Waals surface area contributed by atoms with E-state index >= 15 is 0 Å². The van der Waals surface area contributed by atoms with E-state index in [9.17, 15) is 4.79 Å². The molecule has 1 saturated heterocycles. The van der Waals surface area contributed by atoms with E-state index in [1.165, 1.54) is 18.4 Å². The summed E-state index contributed by atoms with van der Waals surface area (Å²) in [6, 6.07) is 10.4. The number of carbonyl (C=O) groups excluding carboxylic acids is 1. The van der Waals surface area contributed by atoms with Gasteiger partial charge in [-0.15, -0.1) is 0 Å². The van der Waals surface area contributed by atoms with Crippen LogP contribution in [0.4, 0.5) is 0 Å². The van der Waals surface area contributed by atoms with Crippen molar-refractivity contribution in [2.75, 3.05) is 6.54 Å². The first-order valence-corrected chi connectivity index (χ1v) is 5.88. The zero-order chi connectivity index (χ0) is 11.2. The van der Waals surface area contributed by atoms with Crippen LogP contribution in [0, 0.1) is 0 Å². The van der Waals surface area contributed by atoms with Gasteiger partial charge in [0.25, 0.3) is 0 Å². The molecule has 2 rings (SSSR count). The summed E-state index contributed by atoms with van der Waals surface area (Å²) >= 11 is 0. The number of hydrogen-bond donors (Lipinski definition) is 1. The molecule has 1 aromatic carbocycles. The van der Waals surface area contributed by atoms with Gasteiger partial charge in [-0.3, -0.25) is 9.69 Å². The zero-order valence-corrected chi connectivity index (χ0v) is 9.43. The van der Waals surface area contributed by atoms with Gasteiger partial charge in [0.1, 0.15) is 0 Å². The first-order valence-electron chi connectivity index (χ1n) is 5.88. The third-order valence-electron chi connectivity index (χ3n) is 3.10. The molecule has 3 nitrogen and oxygen atoms in total. The first-order chi connectivity index (χ1) is 7.90. The molecule has 1 aliphatic heterocycles. The summed E-state index contributed by atoms with van der Waals surface area (Å²) in [4.78, 5) is 12.9. The molecular formula is C13H18N2O. The first kappa shape index (κ1) is 11.1. The van der Waals surface area contributed by atoms with Gasteiger partial charge in [0.05, 0.1) is 6.17 Å². The minimum absolute atomic E-state index is 0.214. The second-order valence-corrected chi connectivity index (χ2v) is 4.25. The molecule has 0 radical (unpaired) electrons. The standard InChI is InChI=1S/C13H18N2O/c16-11-14-13-8-4-5-9-15(13)10-12-6-2-1-3-7-12/h1-3,6-7,11,13H,4-5,8-10H2,(H,14,16). The van der Waals surface area contributed by atoms with Crippen molar-refractivity contribution in [3.8, 4) is 0 Å². The molecule has 16 heavy (non-hydrogen) atoms. The molecule has 1 fully saturated rings. The van der Waals surface area contributed by atoms with Crippen molar-refractivity contribution in [1.29, 1.82) is 0 Å². The molecule has 1 N–H and O–H groups in total. The molecule has 0 aliphatic carbocycles. The molecule has 0 saturated carbocycles. The van der Waals surface area contributed by atoms with Crippen LogP contribution in [0.5, 0.6) is 0 Å². The van der Waals surface area contributed by atoms with Crippen LogP contribution < -0.4 is 5.32 Å². The van der Waals surface area contributed by atoms with Crippen molar-refractivity contribution < 1.29 is 4.79 Å². The number of hydrogen-bond acceptors (Lipinski definition) is 2. The second kappa shape index (κ2) is 5.66. The summed E-state index contributed by atoms with van der Waals surface area (Å²) in [6.45, 7) is 1.99. The third-order valence-corrected chi connectivity index (χ3v) is 3.10. The SMILES string of the molecule is O=CNC1CCCCN1Cc1ccccc1. The number of rotatable bonds is 4. The van der Waals surface area contributed by atoms with E-state index in [0.29, 0.717) is 0 Å². The molecule has 86 valence electrons. The highest BCUT2D eigenvalue weighted by Crippen LogP contribution is 2.17. The Bertz CT molecular complexity index is 326. The third kappa shape index (κ3) is 2.83. The molecule has 1 aliphatic rings. The normalized spacial score (nSPS) is 21.6. The molecular weight excluding hydrogens is 200 g/mol. The van der Waals surface area contributed by atoms with Gasteiger partial charge in [0, 0.05) is 13.1 Å². The summed E-state index contributed by atoms with van der Waals surface area (Å²) < 4.78 is 0. The van der Waals surface area contributed by atoms with Gasteiger partial charge in [-0.1, -0.05) is 30.3 Å². The predicted molar refractivity (Wildman–Crippen MR) is 63.7 cm³/mol. The average molecular weight is 218 g/mol. The summed E-state index contributed by atoms with van der Waals surface area (Å²) in [5.74, 6) is 0. The molecule has 0 aromatic heterocycles. The Morgan fingerprint density at radius 3 is 2.88 bits per heavy atom.